The Balaban J connectivity index is 1.53. The summed E-state index contributed by atoms with van der Waals surface area (Å²) in [6.45, 7) is 9.35. The largest absolute Gasteiger partial charge is 0.261 e. The Labute approximate surface area is 317 Å². The molecule has 2 aromatic carbocycles. The fraction of sp³-hybridized carbons (Fsp3) is 0.694. The van der Waals surface area contributed by atoms with Crippen molar-refractivity contribution >= 4 is 0 Å². The number of nitrogens with zero attached hydrogens (tertiary/aromatic N) is 2. The Morgan fingerprint density at radius 1 is 0.490 bits per heavy atom. The second-order valence-electron chi connectivity index (χ2n) is 16.0. The van der Waals surface area contributed by atoms with E-state index in [-0.39, 0.29) is 0 Å². The second-order valence-corrected chi connectivity index (χ2v) is 16.0. The summed E-state index contributed by atoms with van der Waals surface area (Å²) in [5.41, 5.74) is 4.42. The highest BCUT2D eigenvalue weighted by Crippen LogP contribution is 2.23. The molecule has 0 radical (unpaired) electrons. The minimum absolute atomic E-state index is 0.515. The van der Waals surface area contributed by atoms with Crippen LogP contribution in [-0.4, -0.2) is 4.57 Å². The van der Waals surface area contributed by atoms with Gasteiger partial charge < -0.3 is 0 Å². The van der Waals surface area contributed by atoms with Crippen LogP contribution in [0, 0.1) is 0 Å². The molecule has 51 heavy (non-hydrogen) atoms. The van der Waals surface area contributed by atoms with Gasteiger partial charge in [0.25, 0.3) is 5.82 Å². The molecule has 0 aliphatic rings. The molecule has 1 atom stereocenters. The van der Waals surface area contributed by atoms with Gasteiger partial charge >= 0.3 is 0 Å². The topological polar surface area (TPSA) is 8.81 Å². The lowest BCUT2D eigenvalue weighted by molar-refractivity contribution is -0.704. The highest BCUT2D eigenvalue weighted by atomic mass is 15.2. The van der Waals surface area contributed by atoms with Crippen LogP contribution in [0.3, 0.4) is 0 Å². The van der Waals surface area contributed by atoms with E-state index in [9.17, 15) is 0 Å². The Kier molecular flexibility index (Phi) is 24.6. The third kappa shape index (κ3) is 19.3. The van der Waals surface area contributed by atoms with Crippen molar-refractivity contribution in [3.63, 3.8) is 0 Å². The molecule has 0 bridgehead atoms. The Morgan fingerprint density at radius 3 is 1.37 bits per heavy atom. The van der Waals surface area contributed by atoms with Gasteiger partial charge in [0.1, 0.15) is 11.9 Å². The van der Waals surface area contributed by atoms with Crippen molar-refractivity contribution in [2.45, 2.75) is 220 Å². The summed E-state index contributed by atoms with van der Waals surface area (Å²) in [4.78, 5) is 0. The first-order valence-electron chi connectivity index (χ1n) is 22.4. The van der Waals surface area contributed by atoms with E-state index in [4.69, 9.17) is 0 Å². The highest BCUT2D eigenvalue weighted by Gasteiger charge is 2.25. The Hall–Kier alpha value is -2.35. The lowest BCUT2D eigenvalue weighted by atomic mass is 9.96. The Bertz CT molecular complexity index is 1200. The van der Waals surface area contributed by atoms with Crippen LogP contribution in [0.1, 0.15) is 216 Å². The zero-order chi connectivity index (χ0) is 36.0. The predicted molar refractivity (Wildman–Crippen MR) is 224 cm³/mol. The molecule has 286 valence electrons. The van der Waals surface area contributed by atoms with Gasteiger partial charge in [-0.25, -0.2) is 9.13 Å². The molecule has 0 amide bonds. The van der Waals surface area contributed by atoms with Crippen molar-refractivity contribution < 1.29 is 4.57 Å². The molecule has 1 aromatic heterocycles. The van der Waals surface area contributed by atoms with E-state index in [0.717, 1.165) is 25.9 Å². The number of hydrogen-bond donors (Lipinski definition) is 0. The molecule has 1 unspecified atom stereocenters. The summed E-state index contributed by atoms with van der Waals surface area (Å²) in [6, 6.07) is 22.4. The predicted octanol–water partition coefficient (Wildman–Crippen LogP) is 14.9. The van der Waals surface area contributed by atoms with Gasteiger partial charge in [-0.05, 0) is 42.7 Å². The molecular formula is C49H81N2+. The van der Waals surface area contributed by atoms with E-state index in [0.29, 0.717) is 5.92 Å². The molecule has 0 aliphatic heterocycles. The number of aromatic nitrogens is 2. The van der Waals surface area contributed by atoms with Crippen LogP contribution in [0.4, 0.5) is 0 Å². The maximum atomic E-state index is 2.76. The molecular weight excluding hydrogens is 617 g/mol. The summed E-state index contributed by atoms with van der Waals surface area (Å²) in [5.74, 6) is 2.04. The average Bonchev–Trinajstić information content (AvgIpc) is 3.47. The van der Waals surface area contributed by atoms with E-state index in [1.54, 1.807) is 0 Å². The third-order valence-corrected chi connectivity index (χ3v) is 11.4. The summed E-state index contributed by atoms with van der Waals surface area (Å²) in [5, 5.41) is 0. The summed E-state index contributed by atoms with van der Waals surface area (Å²) >= 11 is 0. The average molecular weight is 698 g/mol. The first-order valence-corrected chi connectivity index (χ1v) is 22.4. The van der Waals surface area contributed by atoms with Crippen LogP contribution >= 0.6 is 0 Å². The van der Waals surface area contributed by atoms with E-state index in [2.05, 4.69) is 96.8 Å². The van der Waals surface area contributed by atoms with Crippen molar-refractivity contribution in [3.8, 4) is 0 Å². The minimum Gasteiger partial charge on any atom is -0.234 e. The highest BCUT2D eigenvalue weighted by molar-refractivity contribution is 5.22. The fourth-order valence-electron chi connectivity index (χ4n) is 8.05. The van der Waals surface area contributed by atoms with Crippen molar-refractivity contribution in [1.29, 1.82) is 0 Å². The van der Waals surface area contributed by atoms with Gasteiger partial charge in [-0.15, -0.1) is 0 Å². The molecule has 3 aromatic rings. The minimum atomic E-state index is 0.515. The molecule has 2 heteroatoms. The standard InChI is InChI=1S/C49H81N2/c1-4-6-8-10-12-14-16-18-19-21-23-25-27-35-41-51-48(42-45(3)47-38-32-29-33-39-47)44-50(49(51)43-46-36-30-28-31-37-46)40-34-26-24-22-20-17-15-13-11-9-7-5-2/h28-33,36-39,44-45H,4-27,34-35,40-43H2,1-3H3/q+1. The molecule has 0 spiro atoms. The monoisotopic (exact) mass is 698 g/mol. The van der Waals surface area contributed by atoms with E-state index in [1.807, 2.05) is 0 Å². The summed E-state index contributed by atoms with van der Waals surface area (Å²) < 4.78 is 5.42. The van der Waals surface area contributed by atoms with Crippen molar-refractivity contribution in [1.82, 2.24) is 4.57 Å². The number of imidazole rings is 1. The summed E-state index contributed by atoms with van der Waals surface area (Å²) in [6.07, 6.45) is 41.3. The maximum absolute atomic E-state index is 2.76. The van der Waals surface area contributed by atoms with Crippen LogP contribution in [0.25, 0.3) is 0 Å². The number of rotatable bonds is 33. The lowest BCUT2D eigenvalue weighted by Crippen LogP contribution is -2.37. The van der Waals surface area contributed by atoms with Gasteiger partial charge in [-0.2, -0.15) is 0 Å². The quantitative estimate of drug-likeness (QED) is 0.0442. The van der Waals surface area contributed by atoms with Crippen LogP contribution in [0.2, 0.25) is 0 Å². The van der Waals surface area contributed by atoms with E-state index < -0.39 is 0 Å². The van der Waals surface area contributed by atoms with E-state index >= 15 is 0 Å². The van der Waals surface area contributed by atoms with Gasteiger partial charge in [-0.1, -0.05) is 223 Å². The zero-order valence-electron chi connectivity index (χ0n) is 34.0. The van der Waals surface area contributed by atoms with Gasteiger partial charge in [0.15, 0.2) is 0 Å². The molecule has 0 N–H and O–H groups in total. The molecule has 0 saturated heterocycles. The SMILES string of the molecule is CCCCCCCCCCCCCCCCn1c(CC(C)c2ccccc2)c[n+](CCCCCCCCCCCCCC)c1Cc1ccccc1. The molecule has 1 heterocycles. The molecule has 2 nitrogen and oxygen atoms in total. The second kappa shape index (κ2) is 29.1. The van der Waals surface area contributed by atoms with Gasteiger partial charge in [-0.3, -0.25) is 0 Å². The van der Waals surface area contributed by atoms with Crippen molar-refractivity contribution in [2.24, 2.45) is 0 Å². The zero-order valence-corrected chi connectivity index (χ0v) is 34.0. The van der Waals surface area contributed by atoms with Crippen LogP contribution in [0.5, 0.6) is 0 Å². The fourth-order valence-corrected chi connectivity index (χ4v) is 8.05. The smallest absolute Gasteiger partial charge is 0.234 e. The number of unbranched alkanes of at least 4 members (excludes halogenated alkanes) is 24. The first-order chi connectivity index (χ1) is 25.2. The molecule has 0 fully saturated rings. The van der Waals surface area contributed by atoms with Gasteiger partial charge in [0.2, 0.25) is 0 Å². The number of aryl methyl sites for hydroxylation is 1. The maximum Gasteiger partial charge on any atom is 0.261 e. The normalized spacial score (nSPS) is 12.1. The summed E-state index contributed by atoms with van der Waals surface area (Å²) in [7, 11) is 0. The molecule has 0 aliphatic carbocycles. The van der Waals surface area contributed by atoms with Crippen LogP contribution < -0.4 is 4.57 Å². The molecule has 3 rings (SSSR count). The van der Waals surface area contributed by atoms with Gasteiger partial charge in [0.05, 0.1) is 19.5 Å². The van der Waals surface area contributed by atoms with Crippen molar-refractivity contribution in [2.75, 3.05) is 0 Å². The number of hydrogen-bond acceptors (Lipinski definition) is 0. The lowest BCUT2D eigenvalue weighted by Gasteiger charge is -2.12. The Morgan fingerprint density at radius 2 is 0.902 bits per heavy atom. The van der Waals surface area contributed by atoms with E-state index in [1.165, 1.54) is 190 Å². The molecule has 0 saturated carbocycles. The first kappa shape index (κ1) is 43.1. The van der Waals surface area contributed by atoms with Crippen molar-refractivity contribution in [3.05, 3.63) is 89.5 Å². The number of benzene rings is 2. The van der Waals surface area contributed by atoms with Gasteiger partial charge in [0, 0.05) is 6.42 Å². The third-order valence-electron chi connectivity index (χ3n) is 11.4. The van der Waals surface area contributed by atoms with Crippen LogP contribution in [0.15, 0.2) is 66.9 Å². The van der Waals surface area contributed by atoms with Crippen LogP contribution in [-0.2, 0) is 25.9 Å².